The highest BCUT2D eigenvalue weighted by molar-refractivity contribution is 6.05. The number of amides is 1. The molecule has 46 heavy (non-hydrogen) atoms. The van der Waals surface area contributed by atoms with Crippen molar-refractivity contribution in [2.45, 2.75) is 32.4 Å². The number of ether oxygens (including phenoxy) is 3. The van der Waals surface area contributed by atoms with E-state index in [0.29, 0.717) is 40.4 Å². The number of hydrogen-bond acceptors (Lipinski definition) is 10. The smallest absolute Gasteiger partial charge is 0.387 e. The molecule has 15 heteroatoms. The average Bonchev–Trinajstić information content (AvgIpc) is 3.66. The van der Waals surface area contributed by atoms with Gasteiger partial charge in [0.25, 0.3) is 5.91 Å². The maximum atomic E-state index is 14.9. The Labute approximate surface area is 260 Å². The highest BCUT2D eigenvalue weighted by Gasteiger charge is 2.23. The molecule has 6 rings (SSSR count). The molecule has 238 valence electrons. The fourth-order valence-corrected chi connectivity index (χ4v) is 5.21. The minimum atomic E-state index is -3.20. The lowest BCUT2D eigenvalue weighted by atomic mass is 10.1. The normalized spacial score (nSPS) is 15.5. The van der Waals surface area contributed by atoms with Crippen LogP contribution in [0.1, 0.15) is 18.4 Å². The van der Waals surface area contributed by atoms with Crippen molar-refractivity contribution in [2.24, 2.45) is 0 Å². The lowest BCUT2D eigenvalue weighted by Gasteiger charge is -2.17. The van der Waals surface area contributed by atoms with E-state index >= 15 is 0 Å². The van der Waals surface area contributed by atoms with Crippen molar-refractivity contribution < 1.29 is 32.2 Å². The van der Waals surface area contributed by atoms with Crippen molar-refractivity contribution >= 4 is 39.6 Å². The van der Waals surface area contributed by atoms with Gasteiger partial charge in [-0.25, -0.2) is 23.9 Å². The molecule has 0 spiro atoms. The van der Waals surface area contributed by atoms with Gasteiger partial charge < -0.3 is 24.8 Å². The number of aryl methyl sites for hydroxylation is 1. The van der Waals surface area contributed by atoms with Crippen LogP contribution in [0.3, 0.4) is 0 Å². The van der Waals surface area contributed by atoms with Gasteiger partial charge in [-0.05, 0) is 63.2 Å². The number of benzene rings is 2. The second-order valence-electron chi connectivity index (χ2n) is 10.6. The molecular weight excluding hydrogens is 605 g/mol. The molecule has 0 unspecified atom stereocenters. The van der Waals surface area contributed by atoms with E-state index in [-0.39, 0.29) is 28.8 Å². The summed E-state index contributed by atoms with van der Waals surface area (Å²) >= 11 is 0. The zero-order chi connectivity index (χ0) is 32.4. The number of fused-ring (bicyclic) bond motifs is 2. The molecule has 0 bridgehead atoms. The first kappa shape index (κ1) is 30.6. The van der Waals surface area contributed by atoms with Crippen LogP contribution in [0.25, 0.3) is 16.6 Å². The number of alkyl halides is 2. The second-order valence-corrected chi connectivity index (χ2v) is 10.6. The summed E-state index contributed by atoms with van der Waals surface area (Å²) in [4.78, 5) is 27.4. The largest absolute Gasteiger partial charge is 0.494 e. The molecule has 4 heterocycles. The summed E-state index contributed by atoms with van der Waals surface area (Å²) in [6, 6.07) is 9.32. The SMILES string of the molecule is COc1cc(Oc2ccn3ncnc3c2)c(C)cc1Nc1ncnc2cc(OC(F)F)c(NC(=O)/C(F)=C/[C@H]3CCCN3C)cc12. The van der Waals surface area contributed by atoms with Crippen LogP contribution in [0.15, 0.2) is 67.2 Å². The van der Waals surface area contributed by atoms with Crippen molar-refractivity contribution in [3.63, 3.8) is 0 Å². The zero-order valence-corrected chi connectivity index (χ0v) is 25.0. The number of rotatable bonds is 10. The van der Waals surface area contributed by atoms with Gasteiger partial charge in [0.05, 0.1) is 24.0 Å². The number of likely N-dealkylation sites (tertiary alicyclic amines) is 1. The number of nitrogens with zero attached hydrogens (tertiary/aromatic N) is 6. The Bertz CT molecular complexity index is 1950. The van der Waals surface area contributed by atoms with Gasteiger partial charge in [-0.3, -0.25) is 9.69 Å². The van der Waals surface area contributed by atoms with E-state index in [1.165, 1.54) is 38.0 Å². The van der Waals surface area contributed by atoms with Crippen molar-refractivity contribution in [3.05, 3.63) is 72.7 Å². The molecule has 1 amide bonds. The van der Waals surface area contributed by atoms with Crippen molar-refractivity contribution in [2.75, 3.05) is 31.3 Å². The number of aromatic nitrogens is 5. The van der Waals surface area contributed by atoms with Gasteiger partial charge in [-0.15, -0.1) is 0 Å². The maximum Gasteiger partial charge on any atom is 0.387 e. The van der Waals surface area contributed by atoms with Gasteiger partial charge in [-0.1, -0.05) is 0 Å². The summed E-state index contributed by atoms with van der Waals surface area (Å²) in [5, 5.41) is 9.97. The minimum Gasteiger partial charge on any atom is -0.494 e. The highest BCUT2D eigenvalue weighted by Crippen LogP contribution is 2.39. The highest BCUT2D eigenvalue weighted by atomic mass is 19.3. The summed E-state index contributed by atoms with van der Waals surface area (Å²) in [6.07, 6.45) is 7.22. The molecular formula is C31H29F3N8O4. The summed E-state index contributed by atoms with van der Waals surface area (Å²) < 4.78 is 59.5. The van der Waals surface area contributed by atoms with E-state index < -0.39 is 18.3 Å². The number of carbonyl (C=O) groups excluding carboxylic acids is 1. The fraction of sp³-hybridized carbons (Fsp3) is 0.258. The Kier molecular flexibility index (Phi) is 8.57. The first-order chi connectivity index (χ1) is 22.2. The fourth-order valence-electron chi connectivity index (χ4n) is 5.21. The Hall–Kier alpha value is -5.44. The van der Waals surface area contributed by atoms with Gasteiger partial charge in [0.2, 0.25) is 0 Å². The number of halogens is 3. The predicted octanol–water partition coefficient (Wildman–Crippen LogP) is 6.01. The molecule has 1 aliphatic heterocycles. The van der Waals surface area contributed by atoms with Crippen LogP contribution in [-0.4, -0.2) is 68.7 Å². The van der Waals surface area contributed by atoms with E-state index in [4.69, 9.17) is 9.47 Å². The standard InChI is InChI=1S/C31H29F3N8O4/c1-17-9-23(26(44-3)14-25(17)45-19-6-8-42-28(11-19)36-16-38-42)39-29-20-12-24(27(46-31(33)34)13-22(20)35-15-37-29)40-30(43)21(32)10-18-5-4-7-41(18)2/h6,8-16,18,31H,4-5,7H2,1-3H3,(H,40,43)(H,35,37,39)/b21-10-/t18-/m1/s1. The lowest BCUT2D eigenvalue weighted by Crippen LogP contribution is -2.24. The third-order valence-electron chi connectivity index (χ3n) is 7.56. The molecule has 1 fully saturated rings. The van der Waals surface area contributed by atoms with Gasteiger partial charge in [-0.2, -0.15) is 13.9 Å². The lowest BCUT2D eigenvalue weighted by molar-refractivity contribution is -0.114. The molecule has 0 saturated carbocycles. The quantitative estimate of drug-likeness (QED) is 0.176. The van der Waals surface area contributed by atoms with Gasteiger partial charge in [0.15, 0.2) is 17.2 Å². The molecule has 0 aliphatic carbocycles. The number of anilines is 3. The number of nitrogens with one attached hydrogen (secondary N) is 2. The number of carbonyl (C=O) groups is 1. The van der Waals surface area contributed by atoms with Crippen LogP contribution in [0, 0.1) is 6.92 Å². The topological polar surface area (TPSA) is 128 Å². The van der Waals surface area contributed by atoms with Crippen LogP contribution in [0.4, 0.5) is 30.4 Å². The third-order valence-corrected chi connectivity index (χ3v) is 7.56. The number of methoxy groups -OCH3 is 1. The molecule has 3 aromatic heterocycles. The van der Waals surface area contributed by atoms with Crippen LogP contribution >= 0.6 is 0 Å². The van der Waals surface area contributed by atoms with E-state index in [2.05, 4.69) is 35.4 Å². The molecule has 1 aliphatic rings. The van der Waals surface area contributed by atoms with Crippen LogP contribution in [-0.2, 0) is 4.79 Å². The van der Waals surface area contributed by atoms with Crippen molar-refractivity contribution in [1.29, 1.82) is 0 Å². The zero-order valence-electron chi connectivity index (χ0n) is 25.0. The molecule has 0 radical (unpaired) electrons. The Balaban J connectivity index is 1.31. The van der Waals surface area contributed by atoms with Crippen LogP contribution < -0.4 is 24.8 Å². The van der Waals surface area contributed by atoms with Crippen LogP contribution in [0.2, 0.25) is 0 Å². The van der Waals surface area contributed by atoms with E-state index in [0.717, 1.165) is 18.5 Å². The Morgan fingerprint density at radius 1 is 1.07 bits per heavy atom. The maximum absolute atomic E-state index is 14.9. The summed E-state index contributed by atoms with van der Waals surface area (Å²) in [5.74, 6) is -0.773. The average molecular weight is 635 g/mol. The predicted molar refractivity (Wildman–Crippen MR) is 164 cm³/mol. The monoisotopic (exact) mass is 634 g/mol. The molecule has 1 saturated heterocycles. The van der Waals surface area contributed by atoms with Gasteiger partial charge >= 0.3 is 6.61 Å². The molecule has 5 aromatic rings. The molecule has 2 aromatic carbocycles. The van der Waals surface area contributed by atoms with Crippen molar-refractivity contribution in [3.8, 4) is 23.0 Å². The summed E-state index contributed by atoms with van der Waals surface area (Å²) in [7, 11) is 3.33. The number of pyridine rings is 1. The Morgan fingerprint density at radius 2 is 1.91 bits per heavy atom. The summed E-state index contributed by atoms with van der Waals surface area (Å²) in [6.45, 7) is -0.574. The number of likely N-dealkylation sites (N-methyl/N-ethyl adjacent to an activating group) is 1. The van der Waals surface area contributed by atoms with Crippen molar-refractivity contribution in [1.82, 2.24) is 29.5 Å². The molecule has 1 atom stereocenters. The van der Waals surface area contributed by atoms with E-state index in [1.807, 2.05) is 18.9 Å². The van der Waals surface area contributed by atoms with E-state index in [9.17, 15) is 18.0 Å². The van der Waals surface area contributed by atoms with E-state index in [1.54, 1.807) is 35.0 Å². The van der Waals surface area contributed by atoms with Gasteiger partial charge in [0.1, 0.15) is 35.7 Å². The second kappa shape index (κ2) is 12.9. The third kappa shape index (κ3) is 6.49. The van der Waals surface area contributed by atoms with Gasteiger partial charge in [0, 0.05) is 35.8 Å². The molecule has 2 N–H and O–H groups in total. The summed E-state index contributed by atoms with van der Waals surface area (Å²) in [5.41, 5.74) is 1.92. The Morgan fingerprint density at radius 3 is 2.67 bits per heavy atom. The first-order valence-electron chi connectivity index (χ1n) is 14.2. The number of hydrogen-bond donors (Lipinski definition) is 2. The van der Waals surface area contributed by atoms with Crippen LogP contribution in [0.5, 0.6) is 23.0 Å². The first-order valence-corrected chi connectivity index (χ1v) is 14.2. The minimum absolute atomic E-state index is 0.185. The molecule has 12 nitrogen and oxygen atoms in total.